The summed E-state index contributed by atoms with van der Waals surface area (Å²) >= 11 is 1.89. The quantitative estimate of drug-likeness (QED) is 0.495. The van der Waals surface area contributed by atoms with Crippen LogP contribution in [-0.4, -0.2) is 24.4 Å². The summed E-state index contributed by atoms with van der Waals surface area (Å²) in [7, 11) is 3.92. The van der Waals surface area contributed by atoms with Gasteiger partial charge in [-0.25, -0.2) is 0 Å². The van der Waals surface area contributed by atoms with Gasteiger partial charge in [-0.3, -0.25) is 0 Å². The minimum Gasteiger partial charge on any atom is -0.496 e. The van der Waals surface area contributed by atoms with E-state index in [1.54, 1.807) is 7.11 Å². The number of thioether (sulfide) groups is 1. The van der Waals surface area contributed by atoms with Gasteiger partial charge in [0, 0.05) is 30.6 Å². The predicted molar refractivity (Wildman–Crippen MR) is 111 cm³/mol. The van der Waals surface area contributed by atoms with Crippen molar-refractivity contribution in [2.24, 2.45) is 0 Å². The molecule has 3 aromatic rings. The number of likely N-dealkylation sites (N-methyl/N-ethyl adjacent to an activating group) is 1. The van der Waals surface area contributed by atoms with Crippen LogP contribution >= 0.6 is 11.8 Å². The Balaban J connectivity index is 1.97. The number of hydrogen-bond donors (Lipinski definition) is 0. The van der Waals surface area contributed by atoms with Crippen LogP contribution in [0.1, 0.15) is 18.1 Å². The highest BCUT2D eigenvalue weighted by Crippen LogP contribution is 2.35. The summed E-state index contributed by atoms with van der Waals surface area (Å²) in [6.07, 6.45) is 5.55. The van der Waals surface area contributed by atoms with Crippen molar-refractivity contribution in [3.05, 3.63) is 59.3 Å². The molecule has 0 N–H and O–H groups in total. The van der Waals surface area contributed by atoms with Crippen LogP contribution in [0.15, 0.2) is 48.1 Å². The molecular formula is C22H25N2OS+. The molecule has 1 aliphatic rings. The number of hydrogen-bond acceptors (Lipinski definition) is 3. The van der Waals surface area contributed by atoms with E-state index in [9.17, 15) is 0 Å². The van der Waals surface area contributed by atoms with Crippen LogP contribution in [0.4, 0.5) is 0 Å². The molecule has 4 heteroatoms. The van der Waals surface area contributed by atoms with Crippen molar-refractivity contribution in [1.29, 1.82) is 0 Å². The standard InChI is InChI=1S/C22H25N2OS/c1-5-24-14-16(12-21-23(3)10-11-26-21)15(2)19-13-20(25-4)17-8-6-7-9-18(17)22(19)24/h6-11,13-14,21H,5,12H2,1-4H3/q+1. The first-order valence-corrected chi connectivity index (χ1v) is 10.0. The molecule has 0 saturated heterocycles. The Morgan fingerprint density at radius 2 is 1.96 bits per heavy atom. The third-order valence-electron chi connectivity index (χ3n) is 5.40. The molecule has 0 radical (unpaired) electrons. The Morgan fingerprint density at radius 1 is 1.19 bits per heavy atom. The summed E-state index contributed by atoms with van der Waals surface area (Å²) in [5, 5.41) is 6.38. The minimum absolute atomic E-state index is 0.471. The van der Waals surface area contributed by atoms with Gasteiger partial charge in [-0.15, -0.1) is 11.8 Å². The summed E-state index contributed by atoms with van der Waals surface area (Å²) in [4.78, 5) is 2.30. The zero-order valence-electron chi connectivity index (χ0n) is 15.8. The highest BCUT2D eigenvalue weighted by atomic mass is 32.2. The molecule has 1 aromatic heterocycles. The Hall–Kier alpha value is -2.20. The zero-order chi connectivity index (χ0) is 18.3. The third-order valence-corrected chi connectivity index (χ3v) is 6.50. The molecule has 0 bridgehead atoms. The SMILES string of the molecule is CC[n+]1cc(CC2SC=CN2C)c(C)c2cc(OC)c3ccccc3c21. The second-order valence-electron chi connectivity index (χ2n) is 6.83. The fourth-order valence-corrected chi connectivity index (χ4v) is 4.84. The first-order chi connectivity index (χ1) is 12.6. The summed E-state index contributed by atoms with van der Waals surface area (Å²) in [5.74, 6) is 0.949. The van der Waals surface area contributed by atoms with Gasteiger partial charge in [-0.2, -0.15) is 4.57 Å². The van der Waals surface area contributed by atoms with Crippen molar-refractivity contribution in [2.75, 3.05) is 14.2 Å². The van der Waals surface area contributed by atoms with Crippen LogP contribution in [-0.2, 0) is 13.0 Å². The number of ether oxygens (including phenoxy) is 1. The average molecular weight is 366 g/mol. The maximum absolute atomic E-state index is 5.72. The molecule has 4 rings (SSSR count). The number of aromatic nitrogens is 1. The van der Waals surface area contributed by atoms with E-state index in [4.69, 9.17) is 4.74 Å². The highest BCUT2D eigenvalue weighted by molar-refractivity contribution is 8.02. The molecule has 1 unspecified atom stereocenters. The predicted octanol–water partition coefficient (Wildman–Crippen LogP) is 4.64. The lowest BCUT2D eigenvalue weighted by atomic mass is 9.97. The van der Waals surface area contributed by atoms with E-state index in [0.29, 0.717) is 5.37 Å². The van der Waals surface area contributed by atoms with Gasteiger partial charge in [0.25, 0.3) is 0 Å². The number of pyridine rings is 1. The molecule has 134 valence electrons. The molecule has 0 aliphatic carbocycles. The molecule has 1 atom stereocenters. The van der Waals surface area contributed by atoms with Gasteiger partial charge in [0.2, 0.25) is 5.52 Å². The van der Waals surface area contributed by atoms with Gasteiger partial charge in [-0.05, 0) is 37.0 Å². The largest absolute Gasteiger partial charge is 0.496 e. The smallest absolute Gasteiger partial charge is 0.220 e. The van der Waals surface area contributed by atoms with Gasteiger partial charge >= 0.3 is 0 Å². The van der Waals surface area contributed by atoms with Crippen LogP contribution in [0.3, 0.4) is 0 Å². The van der Waals surface area contributed by atoms with E-state index < -0.39 is 0 Å². The summed E-state index contributed by atoms with van der Waals surface area (Å²) in [5.41, 5.74) is 4.06. The van der Waals surface area contributed by atoms with Crippen molar-refractivity contribution in [3.63, 3.8) is 0 Å². The van der Waals surface area contributed by atoms with E-state index in [0.717, 1.165) is 18.7 Å². The van der Waals surface area contributed by atoms with E-state index in [1.807, 2.05) is 11.8 Å². The maximum Gasteiger partial charge on any atom is 0.220 e. The second kappa shape index (κ2) is 6.84. The lowest BCUT2D eigenvalue weighted by Gasteiger charge is -2.21. The van der Waals surface area contributed by atoms with Crippen LogP contribution in [0.5, 0.6) is 5.75 Å². The fourth-order valence-electron chi connectivity index (χ4n) is 3.86. The molecule has 2 aromatic carbocycles. The maximum atomic E-state index is 5.72. The lowest BCUT2D eigenvalue weighted by molar-refractivity contribution is -0.667. The zero-order valence-corrected chi connectivity index (χ0v) is 16.6. The van der Waals surface area contributed by atoms with Gasteiger partial charge in [0.1, 0.15) is 12.3 Å². The first kappa shape index (κ1) is 17.2. The normalized spacial score (nSPS) is 16.8. The molecule has 0 fully saturated rings. The Bertz CT molecular complexity index is 1010. The third kappa shape index (κ3) is 2.73. The number of methoxy groups -OCH3 is 1. The number of benzene rings is 2. The molecule has 0 spiro atoms. The second-order valence-corrected chi connectivity index (χ2v) is 7.92. The van der Waals surface area contributed by atoms with E-state index in [2.05, 4.69) is 78.5 Å². The average Bonchev–Trinajstić information content (AvgIpc) is 3.07. The van der Waals surface area contributed by atoms with Crippen molar-refractivity contribution >= 4 is 33.4 Å². The van der Waals surface area contributed by atoms with Crippen molar-refractivity contribution in [3.8, 4) is 5.75 Å². The summed E-state index contributed by atoms with van der Waals surface area (Å²) < 4.78 is 8.12. The summed E-state index contributed by atoms with van der Waals surface area (Å²) in [6, 6.07) is 10.8. The monoisotopic (exact) mass is 365 g/mol. The molecular weight excluding hydrogens is 340 g/mol. The molecule has 26 heavy (non-hydrogen) atoms. The molecule has 2 heterocycles. The van der Waals surface area contributed by atoms with Crippen LogP contribution in [0.2, 0.25) is 0 Å². The number of fused-ring (bicyclic) bond motifs is 3. The van der Waals surface area contributed by atoms with Gasteiger partial charge < -0.3 is 9.64 Å². The Labute approximate surface area is 159 Å². The van der Waals surface area contributed by atoms with Crippen LogP contribution in [0, 0.1) is 6.92 Å². The van der Waals surface area contributed by atoms with Crippen LogP contribution < -0.4 is 9.30 Å². The highest BCUT2D eigenvalue weighted by Gasteiger charge is 2.24. The minimum atomic E-state index is 0.471. The van der Waals surface area contributed by atoms with Crippen molar-refractivity contribution in [1.82, 2.24) is 4.90 Å². The topological polar surface area (TPSA) is 16.4 Å². The Morgan fingerprint density at radius 3 is 2.62 bits per heavy atom. The fraction of sp³-hybridized carbons (Fsp3) is 0.318. The number of nitrogens with zero attached hydrogens (tertiary/aromatic N) is 2. The Kier molecular flexibility index (Phi) is 4.53. The molecule has 0 amide bonds. The van der Waals surface area contributed by atoms with Gasteiger partial charge in [0.15, 0.2) is 6.20 Å². The van der Waals surface area contributed by atoms with Gasteiger partial charge in [0.05, 0.1) is 23.3 Å². The first-order valence-electron chi connectivity index (χ1n) is 9.09. The van der Waals surface area contributed by atoms with E-state index in [-0.39, 0.29) is 0 Å². The van der Waals surface area contributed by atoms with E-state index >= 15 is 0 Å². The van der Waals surface area contributed by atoms with E-state index in [1.165, 1.54) is 32.8 Å². The molecule has 1 aliphatic heterocycles. The van der Waals surface area contributed by atoms with Crippen LogP contribution in [0.25, 0.3) is 21.7 Å². The van der Waals surface area contributed by atoms with Gasteiger partial charge in [-0.1, -0.05) is 18.2 Å². The lowest BCUT2D eigenvalue weighted by Crippen LogP contribution is -2.35. The summed E-state index contributed by atoms with van der Waals surface area (Å²) in [6.45, 7) is 5.42. The molecule has 0 saturated carbocycles. The molecule has 3 nitrogen and oxygen atoms in total. The van der Waals surface area contributed by atoms with Crippen molar-refractivity contribution < 1.29 is 9.30 Å². The van der Waals surface area contributed by atoms with Crippen molar-refractivity contribution in [2.45, 2.75) is 32.2 Å². The number of rotatable bonds is 4. The number of aryl methyl sites for hydroxylation is 2.